The maximum absolute atomic E-state index is 12.3. The van der Waals surface area contributed by atoms with Gasteiger partial charge in [-0.05, 0) is 43.3 Å². The molecule has 10 heteroatoms. The van der Waals surface area contributed by atoms with Crippen molar-refractivity contribution in [3.05, 3.63) is 66.1 Å². The first kappa shape index (κ1) is 21.1. The maximum Gasteiger partial charge on any atom is 0.340 e. The Morgan fingerprint density at radius 2 is 1.87 bits per heavy atom. The average molecular weight is 426 g/mol. The third-order valence-corrected chi connectivity index (χ3v) is 4.59. The van der Waals surface area contributed by atoms with Crippen molar-refractivity contribution < 1.29 is 23.5 Å². The van der Waals surface area contributed by atoms with E-state index in [-0.39, 0.29) is 35.4 Å². The molecule has 0 radical (unpaired) electrons. The Bertz CT molecular complexity index is 1020. The Labute approximate surface area is 176 Å². The first-order valence-electron chi connectivity index (χ1n) is 8.94. The average Bonchev–Trinajstić information content (AvgIpc) is 3.29. The van der Waals surface area contributed by atoms with Crippen LogP contribution in [0.5, 0.6) is 0 Å². The van der Waals surface area contributed by atoms with Crippen molar-refractivity contribution in [3.63, 3.8) is 0 Å². The normalized spacial score (nSPS) is 10.3. The number of thioether (sulfide) groups is 1. The molecular formula is C20H18N4O5S. The molecule has 9 nitrogen and oxygen atoms in total. The molecule has 0 spiro atoms. The summed E-state index contributed by atoms with van der Waals surface area (Å²) in [5, 5.41) is 13.6. The predicted molar refractivity (Wildman–Crippen MR) is 110 cm³/mol. The van der Waals surface area contributed by atoms with Crippen LogP contribution in [0.25, 0.3) is 0 Å². The number of amides is 2. The van der Waals surface area contributed by atoms with E-state index in [4.69, 9.17) is 9.15 Å². The summed E-state index contributed by atoms with van der Waals surface area (Å²) in [6.45, 7) is 1.96. The summed E-state index contributed by atoms with van der Waals surface area (Å²) in [7, 11) is 0. The molecule has 0 aliphatic heterocycles. The van der Waals surface area contributed by atoms with Crippen molar-refractivity contribution in [1.82, 2.24) is 10.2 Å². The van der Waals surface area contributed by atoms with Crippen LogP contribution < -0.4 is 10.6 Å². The summed E-state index contributed by atoms with van der Waals surface area (Å²) >= 11 is 1.16. The largest absolute Gasteiger partial charge is 0.462 e. The summed E-state index contributed by atoms with van der Waals surface area (Å²) in [6, 6.07) is 13.0. The number of aromatic nitrogens is 2. The van der Waals surface area contributed by atoms with Crippen LogP contribution in [-0.2, 0) is 9.53 Å². The number of anilines is 2. The highest BCUT2D eigenvalue weighted by molar-refractivity contribution is 7.99. The lowest BCUT2D eigenvalue weighted by Gasteiger charge is -2.10. The van der Waals surface area contributed by atoms with E-state index in [0.29, 0.717) is 10.7 Å². The predicted octanol–water partition coefficient (Wildman–Crippen LogP) is 3.23. The highest BCUT2D eigenvalue weighted by Gasteiger charge is 2.14. The molecule has 0 saturated carbocycles. The lowest BCUT2D eigenvalue weighted by atomic mass is 10.2. The minimum absolute atomic E-state index is 0.0595. The first-order valence-corrected chi connectivity index (χ1v) is 9.92. The maximum atomic E-state index is 12.3. The number of rotatable bonds is 8. The van der Waals surface area contributed by atoms with E-state index in [1.807, 2.05) is 0 Å². The lowest BCUT2D eigenvalue weighted by Crippen LogP contribution is -2.17. The van der Waals surface area contributed by atoms with Crippen LogP contribution in [-0.4, -0.2) is 40.3 Å². The number of ether oxygens (including phenoxy) is 1. The zero-order valence-electron chi connectivity index (χ0n) is 16.0. The molecule has 0 fully saturated rings. The van der Waals surface area contributed by atoms with E-state index in [0.717, 1.165) is 11.8 Å². The lowest BCUT2D eigenvalue weighted by molar-refractivity contribution is -0.113. The molecule has 1 aromatic carbocycles. The molecule has 154 valence electrons. The molecule has 2 aromatic heterocycles. The number of carbonyl (C=O) groups is 3. The molecule has 0 aliphatic carbocycles. The van der Waals surface area contributed by atoms with Gasteiger partial charge in [-0.1, -0.05) is 23.9 Å². The second-order valence-corrected chi connectivity index (χ2v) is 6.79. The van der Waals surface area contributed by atoms with Gasteiger partial charge >= 0.3 is 5.97 Å². The third-order valence-electron chi connectivity index (χ3n) is 3.67. The second-order valence-electron chi connectivity index (χ2n) is 5.79. The van der Waals surface area contributed by atoms with Crippen molar-refractivity contribution in [2.24, 2.45) is 0 Å². The van der Waals surface area contributed by atoms with Crippen LogP contribution in [0, 0.1) is 0 Å². The monoisotopic (exact) mass is 426 g/mol. The van der Waals surface area contributed by atoms with E-state index in [9.17, 15) is 14.4 Å². The SMILES string of the molecule is CCOC(=O)c1ccccc1NC(=O)CSc1ccc(NC(=O)c2ccco2)nn1. The smallest absolute Gasteiger partial charge is 0.340 e. The number of hydrogen-bond acceptors (Lipinski definition) is 8. The van der Waals surface area contributed by atoms with Gasteiger partial charge in [0, 0.05) is 0 Å². The standard InChI is InChI=1S/C20H18N4O5S/c1-2-28-20(27)13-6-3-4-7-14(13)21-17(25)12-30-18-10-9-16(23-24-18)22-19(26)15-8-5-11-29-15/h3-11H,2,12H2,1H3,(H,21,25)(H,22,23,26). The number of hydrogen-bond donors (Lipinski definition) is 2. The molecule has 0 saturated heterocycles. The molecule has 0 unspecified atom stereocenters. The molecule has 30 heavy (non-hydrogen) atoms. The number of furan rings is 1. The zero-order chi connectivity index (χ0) is 21.3. The van der Waals surface area contributed by atoms with Crippen LogP contribution in [0.15, 0.2) is 64.2 Å². The quantitative estimate of drug-likeness (QED) is 0.416. The molecule has 3 rings (SSSR count). The third kappa shape index (κ3) is 5.67. The van der Waals surface area contributed by atoms with Crippen LogP contribution >= 0.6 is 11.8 Å². The summed E-state index contributed by atoms with van der Waals surface area (Å²) < 4.78 is 10.00. The second kappa shape index (κ2) is 10.2. The molecule has 2 heterocycles. The van der Waals surface area contributed by atoms with Crippen molar-refractivity contribution in [2.75, 3.05) is 23.0 Å². The number of benzene rings is 1. The molecule has 2 N–H and O–H groups in total. The van der Waals surface area contributed by atoms with Gasteiger partial charge in [-0.2, -0.15) is 0 Å². The fourth-order valence-electron chi connectivity index (χ4n) is 2.35. The summed E-state index contributed by atoms with van der Waals surface area (Å²) in [6.07, 6.45) is 1.40. The Kier molecular flexibility index (Phi) is 7.17. The number of carbonyl (C=O) groups excluding carboxylic acids is 3. The highest BCUT2D eigenvalue weighted by atomic mass is 32.2. The van der Waals surface area contributed by atoms with Crippen molar-refractivity contribution in [1.29, 1.82) is 0 Å². The topological polar surface area (TPSA) is 123 Å². The fourth-order valence-corrected chi connectivity index (χ4v) is 2.97. The van der Waals surface area contributed by atoms with Gasteiger partial charge in [-0.15, -0.1) is 10.2 Å². The molecule has 0 atom stereocenters. The Hall–Kier alpha value is -3.66. The van der Waals surface area contributed by atoms with Crippen LogP contribution in [0.1, 0.15) is 27.8 Å². The van der Waals surface area contributed by atoms with Gasteiger partial charge in [-0.3, -0.25) is 9.59 Å². The number of nitrogens with zero attached hydrogens (tertiary/aromatic N) is 2. The Morgan fingerprint density at radius 3 is 2.57 bits per heavy atom. The van der Waals surface area contributed by atoms with Gasteiger partial charge in [-0.25, -0.2) is 4.79 Å². The zero-order valence-corrected chi connectivity index (χ0v) is 16.8. The van der Waals surface area contributed by atoms with Gasteiger partial charge in [0.1, 0.15) is 5.03 Å². The van der Waals surface area contributed by atoms with E-state index in [2.05, 4.69) is 20.8 Å². The minimum Gasteiger partial charge on any atom is -0.462 e. The van der Waals surface area contributed by atoms with Crippen molar-refractivity contribution in [2.45, 2.75) is 11.9 Å². The van der Waals surface area contributed by atoms with E-state index in [1.165, 1.54) is 12.3 Å². The van der Waals surface area contributed by atoms with E-state index < -0.39 is 11.9 Å². The van der Waals surface area contributed by atoms with Gasteiger partial charge in [0.2, 0.25) is 5.91 Å². The van der Waals surface area contributed by atoms with Gasteiger partial charge < -0.3 is 19.8 Å². The van der Waals surface area contributed by atoms with Gasteiger partial charge in [0.05, 0.1) is 29.9 Å². The molecule has 3 aromatic rings. The Morgan fingerprint density at radius 1 is 1.03 bits per heavy atom. The van der Waals surface area contributed by atoms with Crippen LogP contribution in [0.2, 0.25) is 0 Å². The number of para-hydroxylation sites is 1. The van der Waals surface area contributed by atoms with Crippen LogP contribution in [0.3, 0.4) is 0 Å². The Balaban J connectivity index is 1.53. The van der Waals surface area contributed by atoms with Crippen LogP contribution in [0.4, 0.5) is 11.5 Å². The van der Waals surface area contributed by atoms with E-state index in [1.54, 1.807) is 49.4 Å². The van der Waals surface area contributed by atoms with Gasteiger partial charge in [0.25, 0.3) is 5.91 Å². The summed E-state index contributed by atoms with van der Waals surface area (Å²) in [4.78, 5) is 36.1. The highest BCUT2D eigenvalue weighted by Crippen LogP contribution is 2.19. The molecule has 0 bridgehead atoms. The fraction of sp³-hybridized carbons (Fsp3) is 0.150. The van der Waals surface area contributed by atoms with Gasteiger partial charge in [0.15, 0.2) is 11.6 Å². The number of nitrogens with one attached hydrogen (secondary N) is 2. The molecular weight excluding hydrogens is 408 g/mol. The molecule has 2 amide bonds. The first-order chi connectivity index (χ1) is 14.6. The number of esters is 1. The van der Waals surface area contributed by atoms with Crippen molar-refractivity contribution >= 4 is 41.1 Å². The molecule has 0 aliphatic rings. The summed E-state index contributed by atoms with van der Waals surface area (Å²) in [5.74, 6) is -0.769. The van der Waals surface area contributed by atoms with Crippen molar-refractivity contribution in [3.8, 4) is 0 Å². The van der Waals surface area contributed by atoms with E-state index >= 15 is 0 Å². The summed E-state index contributed by atoms with van der Waals surface area (Å²) in [5.41, 5.74) is 0.665. The minimum atomic E-state index is -0.501.